The quantitative estimate of drug-likeness (QED) is 0.809. The van der Waals surface area contributed by atoms with Gasteiger partial charge in [-0.15, -0.1) is 0 Å². The molecule has 0 saturated carbocycles. The molecule has 2 heterocycles. The van der Waals surface area contributed by atoms with Crippen LogP contribution >= 0.6 is 11.3 Å². The van der Waals surface area contributed by atoms with E-state index in [1.54, 1.807) is 16.8 Å². The monoisotopic (exact) mass is 222 g/mol. The molecule has 76 valence electrons. The Morgan fingerprint density at radius 1 is 1.33 bits per heavy atom. The van der Waals surface area contributed by atoms with Gasteiger partial charge in [-0.2, -0.15) is 11.3 Å². The van der Waals surface area contributed by atoms with E-state index in [2.05, 4.69) is 0 Å². The van der Waals surface area contributed by atoms with Crippen molar-refractivity contribution in [1.29, 1.82) is 0 Å². The summed E-state index contributed by atoms with van der Waals surface area (Å²) in [5.41, 5.74) is 0.486. The molecule has 2 aromatic heterocycles. The molecule has 0 atom stereocenters. The summed E-state index contributed by atoms with van der Waals surface area (Å²) in [5.74, 6) is -1.36. The lowest BCUT2D eigenvalue weighted by Crippen LogP contribution is -1.98. The molecule has 0 unspecified atom stereocenters. The van der Waals surface area contributed by atoms with Gasteiger partial charge in [-0.05, 0) is 11.4 Å². The zero-order chi connectivity index (χ0) is 10.8. The molecule has 0 amide bonds. The predicted molar refractivity (Wildman–Crippen MR) is 53.4 cm³/mol. The molecule has 5 heteroatoms. The molecule has 0 aliphatic rings. The van der Waals surface area contributed by atoms with Crippen LogP contribution in [0.2, 0.25) is 0 Å². The molecule has 0 bridgehead atoms. The zero-order valence-electron chi connectivity index (χ0n) is 7.47. The lowest BCUT2D eigenvalue weighted by atomic mass is 10.1. The van der Waals surface area contributed by atoms with E-state index < -0.39 is 5.97 Å². The van der Waals surface area contributed by atoms with Crippen molar-refractivity contribution >= 4 is 23.1 Å². The van der Waals surface area contributed by atoms with E-state index in [4.69, 9.17) is 9.52 Å². The van der Waals surface area contributed by atoms with E-state index in [1.807, 2.05) is 0 Å². The Hall–Kier alpha value is -1.88. The molecule has 0 spiro atoms. The number of thiophene rings is 1. The first kappa shape index (κ1) is 9.67. The van der Waals surface area contributed by atoms with Gasteiger partial charge in [0.15, 0.2) is 5.76 Å². The van der Waals surface area contributed by atoms with Crippen molar-refractivity contribution in [2.45, 2.75) is 0 Å². The normalized spacial score (nSPS) is 10.1. The van der Waals surface area contributed by atoms with Gasteiger partial charge in [0, 0.05) is 17.0 Å². The second-order valence-corrected chi connectivity index (χ2v) is 3.63. The van der Waals surface area contributed by atoms with Crippen LogP contribution in [0.5, 0.6) is 0 Å². The van der Waals surface area contributed by atoms with Gasteiger partial charge in [-0.3, -0.25) is 4.79 Å². The number of hydrogen-bond acceptors (Lipinski definition) is 4. The van der Waals surface area contributed by atoms with Crippen LogP contribution in [0.3, 0.4) is 0 Å². The van der Waals surface area contributed by atoms with Gasteiger partial charge in [0.25, 0.3) is 0 Å². The molecule has 15 heavy (non-hydrogen) atoms. The minimum atomic E-state index is -1.11. The minimum absolute atomic E-state index is 0.0198. The highest BCUT2D eigenvalue weighted by Gasteiger charge is 2.16. The first-order chi connectivity index (χ1) is 7.18. The van der Waals surface area contributed by atoms with Crippen molar-refractivity contribution in [2.75, 3.05) is 0 Å². The van der Waals surface area contributed by atoms with E-state index in [-0.39, 0.29) is 17.1 Å². The topological polar surface area (TPSA) is 67.5 Å². The van der Waals surface area contributed by atoms with Gasteiger partial charge in [0.2, 0.25) is 5.78 Å². The Labute approximate surface area is 88.8 Å². The largest absolute Gasteiger partial charge is 0.478 e. The summed E-state index contributed by atoms with van der Waals surface area (Å²) in [4.78, 5) is 22.2. The summed E-state index contributed by atoms with van der Waals surface area (Å²) in [6, 6.07) is 2.89. The number of aromatic carboxylic acids is 1. The minimum Gasteiger partial charge on any atom is -0.478 e. The van der Waals surface area contributed by atoms with Crippen LogP contribution in [0.4, 0.5) is 0 Å². The van der Waals surface area contributed by atoms with Gasteiger partial charge < -0.3 is 9.52 Å². The van der Waals surface area contributed by atoms with Crippen LogP contribution in [0.25, 0.3) is 0 Å². The third kappa shape index (κ3) is 1.82. The van der Waals surface area contributed by atoms with Crippen molar-refractivity contribution in [2.24, 2.45) is 0 Å². The molecule has 0 aromatic carbocycles. The molecular weight excluding hydrogens is 216 g/mol. The second-order valence-electron chi connectivity index (χ2n) is 2.85. The zero-order valence-corrected chi connectivity index (χ0v) is 8.28. The van der Waals surface area contributed by atoms with Crippen LogP contribution in [0.15, 0.2) is 33.6 Å². The summed E-state index contributed by atoms with van der Waals surface area (Å²) >= 11 is 1.40. The molecule has 0 aliphatic heterocycles. The number of furan rings is 1. The average Bonchev–Trinajstić information content (AvgIpc) is 2.88. The lowest BCUT2D eigenvalue weighted by Gasteiger charge is -1.90. The van der Waals surface area contributed by atoms with Gasteiger partial charge in [-0.1, -0.05) is 0 Å². The van der Waals surface area contributed by atoms with Crippen molar-refractivity contribution < 1.29 is 19.1 Å². The molecule has 1 N–H and O–H groups in total. The third-order valence-corrected chi connectivity index (χ3v) is 2.54. The molecular formula is C10H6O4S. The summed E-state index contributed by atoms with van der Waals surface area (Å²) in [7, 11) is 0. The van der Waals surface area contributed by atoms with Crippen LogP contribution in [0.1, 0.15) is 26.5 Å². The van der Waals surface area contributed by atoms with Gasteiger partial charge in [0.05, 0.1) is 5.56 Å². The number of carboxylic acid groups (broad SMARTS) is 1. The first-order valence-corrected chi connectivity index (χ1v) is 5.01. The van der Waals surface area contributed by atoms with Gasteiger partial charge in [-0.25, -0.2) is 4.79 Å². The van der Waals surface area contributed by atoms with Crippen LogP contribution < -0.4 is 0 Å². The van der Waals surface area contributed by atoms with Crippen LogP contribution in [0, 0.1) is 0 Å². The summed E-state index contributed by atoms with van der Waals surface area (Å²) in [6.07, 6.45) is 1.06. The number of ketones is 1. The molecule has 4 nitrogen and oxygen atoms in total. The number of carboxylic acids is 1. The fraction of sp³-hybridized carbons (Fsp3) is 0. The first-order valence-electron chi connectivity index (χ1n) is 4.07. The maximum atomic E-state index is 11.7. The van der Waals surface area contributed by atoms with Crippen molar-refractivity contribution in [1.82, 2.24) is 0 Å². The van der Waals surface area contributed by atoms with Crippen LogP contribution in [-0.2, 0) is 0 Å². The highest BCUT2D eigenvalue weighted by molar-refractivity contribution is 7.08. The van der Waals surface area contributed by atoms with E-state index in [9.17, 15) is 9.59 Å². The Morgan fingerprint density at radius 2 is 2.13 bits per heavy atom. The SMILES string of the molecule is O=C(O)c1coc(C(=O)c2ccsc2)c1. The Balaban J connectivity index is 2.31. The number of carbonyl (C=O) groups excluding carboxylic acids is 1. The maximum Gasteiger partial charge on any atom is 0.338 e. The second kappa shape index (κ2) is 3.70. The number of hydrogen-bond donors (Lipinski definition) is 1. The lowest BCUT2D eigenvalue weighted by molar-refractivity contribution is 0.0696. The standard InChI is InChI=1S/C10H6O4S/c11-9(6-1-2-15-5-6)8-3-7(4-14-8)10(12)13/h1-5H,(H,12,13). The number of rotatable bonds is 3. The predicted octanol–water partition coefficient (Wildman–Crippen LogP) is 2.27. The van der Waals surface area contributed by atoms with Crippen molar-refractivity contribution in [3.63, 3.8) is 0 Å². The fourth-order valence-corrected chi connectivity index (χ4v) is 1.74. The molecule has 2 aromatic rings. The molecule has 0 radical (unpaired) electrons. The van der Waals surface area contributed by atoms with E-state index in [0.29, 0.717) is 5.56 Å². The summed E-state index contributed by atoms with van der Waals surface area (Å²) in [6.45, 7) is 0. The van der Waals surface area contributed by atoms with Crippen molar-refractivity contribution in [3.05, 3.63) is 46.0 Å². The summed E-state index contributed by atoms with van der Waals surface area (Å²) < 4.78 is 4.89. The highest BCUT2D eigenvalue weighted by atomic mass is 32.1. The smallest absolute Gasteiger partial charge is 0.338 e. The fourth-order valence-electron chi connectivity index (χ4n) is 1.10. The van der Waals surface area contributed by atoms with Gasteiger partial charge >= 0.3 is 5.97 Å². The van der Waals surface area contributed by atoms with Crippen LogP contribution in [-0.4, -0.2) is 16.9 Å². The number of carbonyl (C=O) groups is 2. The van der Waals surface area contributed by atoms with E-state index >= 15 is 0 Å². The molecule has 2 rings (SSSR count). The molecule has 0 fully saturated rings. The molecule has 0 aliphatic carbocycles. The van der Waals surface area contributed by atoms with Crippen molar-refractivity contribution in [3.8, 4) is 0 Å². The third-order valence-electron chi connectivity index (χ3n) is 1.85. The summed E-state index contributed by atoms with van der Waals surface area (Å²) in [5, 5.41) is 12.1. The van der Waals surface area contributed by atoms with E-state index in [0.717, 1.165) is 6.26 Å². The van der Waals surface area contributed by atoms with E-state index in [1.165, 1.54) is 17.4 Å². The maximum absolute atomic E-state index is 11.7. The Bertz CT molecular complexity index is 495. The molecule has 0 saturated heterocycles. The Morgan fingerprint density at radius 3 is 2.67 bits per heavy atom. The highest BCUT2D eigenvalue weighted by Crippen LogP contribution is 2.15. The Kier molecular flexibility index (Phi) is 2.39. The van der Waals surface area contributed by atoms with Gasteiger partial charge in [0.1, 0.15) is 6.26 Å². The average molecular weight is 222 g/mol.